The van der Waals surface area contributed by atoms with Crippen molar-refractivity contribution in [3.63, 3.8) is 0 Å². The first-order valence-electron chi connectivity index (χ1n) is 9.51. The highest BCUT2D eigenvalue weighted by Crippen LogP contribution is 2.33. The van der Waals surface area contributed by atoms with E-state index in [1.54, 1.807) is 25.2 Å². The molecule has 1 unspecified atom stereocenters. The van der Waals surface area contributed by atoms with Crippen molar-refractivity contribution in [1.29, 1.82) is 0 Å². The highest BCUT2D eigenvalue weighted by atomic mass is 16.5. The van der Waals surface area contributed by atoms with E-state index in [1.165, 1.54) is 30.6 Å². The lowest BCUT2D eigenvalue weighted by atomic mass is 10.2. The standard InChI is InChI=1S/C19H28N4O4/c1-22-16-7-6-14(10-17(16)27-13-18(22)25)21-19(26)20-11-15(24)12-23-8-4-2-3-5-9-23/h6-7,10,15,24H,2-5,8-9,11-13H2,1H3,(H2,20,21,26). The summed E-state index contributed by atoms with van der Waals surface area (Å²) in [7, 11) is 1.69. The maximum absolute atomic E-state index is 12.1. The summed E-state index contributed by atoms with van der Waals surface area (Å²) in [6.45, 7) is 2.78. The maximum atomic E-state index is 12.1. The fourth-order valence-electron chi connectivity index (χ4n) is 3.42. The molecule has 27 heavy (non-hydrogen) atoms. The zero-order valence-corrected chi connectivity index (χ0v) is 15.7. The molecule has 1 fully saturated rings. The number of aliphatic hydroxyl groups is 1. The molecule has 2 aliphatic rings. The number of carbonyl (C=O) groups excluding carboxylic acids is 2. The summed E-state index contributed by atoms with van der Waals surface area (Å²) >= 11 is 0. The van der Waals surface area contributed by atoms with Gasteiger partial charge in [-0.25, -0.2) is 4.79 Å². The van der Waals surface area contributed by atoms with Gasteiger partial charge in [-0.1, -0.05) is 12.8 Å². The van der Waals surface area contributed by atoms with E-state index in [4.69, 9.17) is 4.74 Å². The third-order valence-corrected chi connectivity index (χ3v) is 4.97. The molecule has 8 nitrogen and oxygen atoms in total. The van der Waals surface area contributed by atoms with Crippen LogP contribution in [-0.2, 0) is 4.79 Å². The molecule has 0 bridgehead atoms. The van der Waals surface area contributed by atoms with E-state index in [0.717, 1.165) is 13.1 Å². The van der Waals surface area contributed by atoms with Crippen molar-refractivity contribution in [2.24, 2.45) is 0 Å². The number of β-amino-alcohol motifs (C(OH)–C–C–N with tert-alkyl or cyclic N) is 1. The van der Waals surface area contributed by atoms with Gasteiger partial charge in [0, 0.05) is 31.9 Å². The summed E-state index contributed by atoms with van der Waals surface area (Å²) in [5.74, 6) is 0.440. The first-order chi connectivity index (χ1) is 13.0. The normalized spacial score (nSPS) is 18.9. The highest BCUT2D eigenvalue weighted by Gasteiger charge is 2.22. The van der Waals surface area contributed by atoms with E-state index < -0.39 is 6.10 Å². The minimum absolute atomic E-state index is 0.0121. The van der Waals surface area contributed by atoms with Crippen molar-refractivity contribution in [2.45, 2.75) is 31.8 Å². The van der Waals surface area contributed by atoms with Gasteiger partial charge in [0.25, 0.3) is 5.91 Å². The molecule has 2 aliphatic heterocycles. The molecule has 0 spiro atoms. The second kappa shape index (κ2) is 9.05. The van der Waals surface area contributed by atoms with Gasteiger partial charge in [0.15, 0.2) is 6.61 Å². The van der Waals surface area contributed by atoms with Gasteiger partial charge < -0.3 is 30.3 Å². The summed E-state index contributed by atoms with van der Waals surface area (Å²) < 4.78 is 5.41. The van der Waals surface area contributed by atoms with Crippen LogP contribution in [0.1, 0.15) is 25.7 Å². The van der Waals surface area contributed by atoms with E-state index in [0.29, 0.717) is 23.7 Å². The molecule has 0 aliphatic carbocycles. The summed E-state index contributed by atoms with van der Waals surface area (Å²) in [5, 5.41) is 15.6. The number of hydrogen-bond acceptors (Lipinski definition) is 5. The molecule has 1 aromatic carbocycles. The van der Waals surface area contributed by atoms with Gasteiger partial charge in [-0.05, 0) is 38.1 Å². The van der Waals surface area contributed by atoms with Crippen LogP contribution < -0.4 is 20.3 Å². The van der Waals surface area contributed by atoms with Crippen LogP contribution in [-0.4, -0.2) is 67.9 Å². The summed E-state index contributed by atoms with van der Waals surface area (Å²) in [5.41, 5.74) is 1.24. The van der Waals surface area contributed by atoms with Crippen molar-refractivity contribution in [2.75, 3.05) is 50.1 Å². The zero-order chi connectivity index (χ0) is 19.2. The van der Waals surface area contributed by atoms with Gasteiger partial charge in [0.2, 0.25) is 0 Å². The third kappa shape index (κ3) is 5.33. The molecule has 1 saturated heterocycles. The number of fused-ring (bicyclic) bond motifs is 1. The quantitative estimate of drug-likeness (QED) is 0.722. The van der Waals surface area contributed by atoms with E-state index in [-0.39, 0.29) is 25.1 Å². The van der Waals surface area contributed by atoms with Crippen LogP contribution in [0, 0.1) is 0 Å². The fourth-order valence-corrected chi connectivity index (χ4v) is 3.42. The zero-order valence-electron chi connectivity index (χ0n) is 15.7. The molecule has 0 radical (unpaired) electrons. The van der Waals surface area contributed by atoms with Gasteiger partial charge in [0.05, 0.1) is 11.8 Å². The molecule has 3 amide bonds. The molecular weight excluding hydrogens is 348 g/mol. The van der Waals surface area contributed by atoms with Gasteiger partial charge >= 0.3 is 6.03 Å². The number of amides is 3. The Hall–Kier alpha value is -2.32. The number of likely N-dealkylation sites (N-methyl/N-ethyl adjacent to an activating group) is 1. The predicted octanol–water partition coefficient (Wildman–Crippen LogP) is 1.40. The minimum atomic E-state index is -0.597. The Morgan fingerprint density at radius 2 is 2.00 bits per heavy atom. The molecule has 0 saturated carbocycles. The van der Waals surface area contributed by atoms with Crippen LogP contribution in [0.2, 0.25) is 0 Å². The first kappa shape index (κ1) is 19.4. The van der Waals surface area contributed by atoms with Crippen LogP contribution in [0.5, 0.6) is 5.75 Å². The second-order valence-corrected chi connectivity index (χ2v) is 7.13. The summed E-state index contributed by atoms with van der Waals surface area (Å²) in [4.78, 5) is 27.5. The molecule has 1 atom stereocenters. The van der Waals surface area contributed by atoms with Crippen LogP contribution >= 0.6 is 0 Å². The average molecular weight is 376 g/mol. The molecule has 2 heterocycles. The van der Waals surface area contributed by atoms with Crippen LogP contribution in [0.25, 0.3) is 0 Å². The van der Waals surface area contributed by atoms with Gasteiger partial charge in [-0.15, -0.1) is 0 Å². The Morgan fingerprint density at radius 1 is 1.26 bits per heavy atom. The summed E-state index contributed by atoms with van der Waals surface area (Å²) in [6.07, 6.45) is 4.24. The number of nitrogens with zero attached hydrogens (tertiary/aromatic N) is 2. The highest BCUT2D eigenvalue weighted by molar-refractivity contribution is 5.98. The SMILES string of the molecule is CN1C(=O)COc2cc(NC(=O)NCC(O)CN3CCCCCC3)ccc21. The van der Waals surface area contributed by atoms with Gasteiger partial charge in [-0.3, -0.25) is 4.79 Å². The lowest BCUT2D eigenvalue weighted by Gasteiger charge is -2.26. The lowest BCUT2D eigenvalue weighted by Crippen LogP contribution is -2.41. The summed E-state index contributed by atoms with van der Waals surface area (Å²) in [6, 6.07) is 4.75. The number of ether oxygens (including phenoxy) is 1. The van der Waals surface area contributed by atoms with Crippen molar-refractivity contribution in [3.8, 4) is 5.75 Å². The van der Waals surface area contributed by atoms with E-state index in [1.807, 2.05) is 0 Å². The van der Waals surface area contributed by atoms with Crippen LogP contribution in [0.3, 0.4) is 0 Å². The lowest BCUT2D eigenvalue weighted by molar-refractivity contribution is -0.120. The topological polar surface area (TPSA) is 94.1 Å². The fraction of sp³-hybridized carbons (Fsp3) is 0.579. The molecule has 8 heteroatoms. The van der Waals surface area contributed by atoms with Crippen LogP contribution in [0.15, 0.2) is 18.2 Å². The molecule has 0 aromatic heterocycles. The van der Waals surface area contributed by atoms with E-state index >= 15 is 0 Å². The van der Waals surface area contributed by atoms with Gasteiger partial charge in [-0.2, -0.15) is 0 Å². The number of nitrogens with one attached hydrogen (secondary N) is 2. The molecule has 3 N–H and O–H groups in total. The molecule has 3 rings (SSSR count). The second-order valence-electron chi connectivity index (χ2n) is 7.13. The van der Waals surface area contributed by atoms with E-state index in [2.05, 4.69) is 15.5 Å². The predicted molar refractivity (Wildman–Crippen MR) is 103 cm³/mol. The Labute approximate surface area is 159 Å². The minimum Gasteiger partial charge on any atom is -0.481 e. The smallest absolute Gasteiger partial charge is 0.319 e. The monoisotopic (exact) mass is 376 g/mol. The first-order valence-corrected chi connectivity index (χ1v) is 9.51. The third-order valence-electron chi connectivity index (χ3n) is 4.97. The van der Waals surface area contributed by atoms with Crippen molar-refractivity contribution in [1.82, 2.24) is 10.2 Å². The number of hydrogen-bond donors (Lipinski definition) is 3. The number of likely N-dealkylation sites (tertiary alicyclic amines) is 1. The largest absolute Gasteiger partial charge is 0.481 e. The number of anilines is 2. The number of aliphatic hydroxyl groups excluding tert-OH is 1. The van der Waals surface area contributed by atoms with Crippen molar-refractivity contribution < 1.29 is 19.4 Å². The van der Waals surface area contributed by atoms with Gasteiger partial charge in [0.1, 0.15) is 5.75 Å². The maximum Gasteiger partial charge on any atom is 0.319 e. The number of benzene rings is 1. The van der Waals surface area contributed by atoms with E-state index in [9.17, 15) is 14.7 Å². The molecule has 1 aromatic rings. The average Bonchev–Trinajstić information content (AvgIpc) is 2.92. The Morgan fingerprint density at radius 3 is 2.74 bits per heavy atom. The number of rotatable bonds is 5. The number of carbonyl (C=O) groups is 2. The van der Waals surface area contributed by atoms with Crippen molar-refractivity contribution in [3.05, 3.63) is 18.2 Å². The van der Waals surface area contributed by atoms with Crippen molar-refractivity contribution >= 4 is 23.3 Å². The Kier molecular flexibility index (Phi) is 6.52. The Balaban J connectivity index is 1.46. The number of urea groups is 1. The molecule has 148 valence electrons. The van der Waals surface area contributed by atoms with Crippen LogP contribution in [0.4, 0.5) is 16.2 Å². The Bertz CT molecular complexity index is 674. The molecular formula is C19H28N4O4.